The third-order valence-electron chi connectivity index (χ3n) is 1.67. The lowest BCUT2D eigenvalue weighted by atomic mass is 10.5. The molecular weight excluding hydrogens is 386 g/mol. The minimum atomic E-state index is -1.96. The number of halogens is 6. The number of allylic oxidation sites excluding steroid dienone is 3. The lowest BCUT2D eigenvalue weighted by molar-refractivity contribution is 0.417. The zero-order valence-electron chi connectivity index (χ0n) is 11.8. The normalized spacial score (nSPS) is 10.9. The van der Waals surface area contributed by atoms with Gasteiger partial charge in [0.1, 0.15) is 0 Å². The molecule has 1 atom stereocenters. The molecule has 23 heavy (non-hydrogen) atoms. The molecule has 0 aromatic heterocycles. The highest BCUT2D eigenvalue weighted by Gasteiger charge is 1.93. The van der Waals surface area contributed by atoms with Gasteiger partial charge in [-0.15, -0.1) is 0 Å². The van der Waals surface area contributed by atoms with Gasteiger partial charge in [0, 0.05) is 11.5 Å². The monoisotopic (exact) mass is 402 g/mol. The van der Waals surface area contributed by atoms with E-state index in [0.717, 1.165) is 12.2 Å². The zero-order chi connectivity index (χ0) is 18.1. The van der Waals surface area contributed by atoms with Crippen LogP contribution in [-0.4, -0.2) is 26.0 Å². The maximum absolute atomic E-state index is 11.5. The number of hydrogen-bond acceptors (Lipinski definition) is 3. The maximum Gasteiger partial charge on any atom is 0.266 e. The van der Waals surface area contributed by atoms with Crippen LogP contribution in [0.1, 0.15) is 19.3 Å². The average Bonchev–Trinajstić information content (AvgIpc) is 2.41. The van der Waals surface area contributed by atoms with E-state index < -0.39 is 29.3 Å². The van der Waals surface area contributed by atoms with Crippen molar-refractivity contribution in [2.45, 2.75) is 19.3 Å². The van der Waals surface area contributed by atoms with E-state index in [1.807, 2.05) is 0 Å². The first-order valence-electron chi connectivity index (χ1n) is 6.11. The average molecular weight is 402 g/mol. The van der Waals surface area contributed by atoms with Crippen molar-refractivity contribution in [3.63, 3.8) is 0 Å². The molecule has 0 spiro atoms. The molecule has 0 aliphatic rings. The summed E-state index contributed by atoms with van der Waals surface area (Å²) in [5.74, 6) is 1.02. The van der Waals surface area contributed by atoms with Crippen molar-refractivity contribution in [1.82, 2.24) is 0 Å². The van der Waals surface area contributed by atoms with Gasteiger partial charge in [0.05, 0.1) is 5.75 Å². The summed E-state index contributed by atoms with van der Waals surface area (Å²) in [7, 11) is 2.82. The third-order valence-corrected chi connectivity index (χ3v) is 4.73. The maximum atomic E-state index is 11.5. The summed E-state index contributed by atoms with van der Waals surface area (Å²) in [4.78, 5) is 0. The van der Waals surface area contributed by atoms with E-state index in [2.05, 4.69) is 0 Å². The van der Waals surface area contributed by atoms with Crippen molar-refractivity contribution in [2.24, 2.45) is 0 Å². The summed E-state index contributed by atoms with van der Waals surface area (Å²) in [6.07, 6.45) is -2.24. The van der Waals surface area contributed by atoms with Crippen LogP contribution in [0.25, 0.3) is 0 Å². The fourth-order valence-electron chi connectivity index (χ4n) is 0.819. The Labute approximate surface area is 141 Å². The van der Waals surface area contributed by atoms with E-state index in [4.69, 9.17) is 4.55 Å². The van der Waals surface area contributed by atoms with Gasteiger partial charge in [0.2, 0.25) is 0 Å². The first-order chi connectivity index (χ1) is 10.8. The van der Waals surface area contributed by atoms with Gasteiger partial charge in [0.15, 0.2) is 11.1 Å². The third kappa shape index (κ3) is 30.1. The van der Waals surface area contributed by atoms with Crippen LogP contribution in [0.2, 0.25) is 0 Å². The highest BCUT2D eigenvalue weighted by molar-refractivity contribution is 8.76. The van der Waals surface area contributed by atoms with Crippen molar-refractivity contribution < 1.29 is 35.1 Å². The van der Waals surface area contributed by atoms with Crippen molar-refractivity contribution in [3.8, 4) is 0 Å². The molecule has 0 bridgehead atoms. The van der Waals surface area contributed by atoms with Crippen LogP contribution in [-0.2, 0) is 11.1 Å². The van der Waals surface area contributed by atoms with Crippen molar-refractivity contribution >= 4 is 32.7 Å². The van der Waals surface area contributed by atoms with E-state index in [1.54, 1.807) is 0 Å². The SMILES string of the molecule is FC(F)=CCCSSCCC=C(F)F.O=S(O)CCC=C(F)F. The summed E-state index contributed by atoms with van der Waals surface area (Å²) in [5, 5.41) is 0. The Morgan fingerprint density at radius 2 is 1.13 bits per heavy atom. The van der Waals surface area contributed by atoms with Gasteiger partial charge in [-0.1, -0.05) is 21.6 Å². The molecule has 0 heterocycles. The Bertz CT molecular complexity index is 382. The van der Waals surface area contributed by atoms with Gasteiger partial charge in [-0.2, -0.15) is 26.3 Å². The van der Waals surface area contributed by atoms with E-state index >= 15 is 0 Å². The largest absolute Gasteiger partial charge is 0.306 e. The standard InChI is InChI=1S/C8H10F4S2.C4H6F2O2S/c9-7(10)3-1-5-13-14-6-2-4-8(11)12;5-4(6)2-1-3-9(7)8/h3-4H,1-2,5-6H2;2H,1,3H2,(H,7,8). The molecule has 0 aromatic carbocycles. The van der Waals surface area contributed by atoms with Crippen LogP contribution in [0.3, 0.4) is 0 Å². The molecule has 2 nitrogen and oxygen atoms in total. The Hall–Kier alpha value is -0.390. The molecule has 1 unspecified atom stereocenters. The molecule has 1 N–H and O–H groups in total. The quantitative estimate of drug-likeness (QED) is 0.208. The van der Waals surface area contributed by atoms with Crippen molar-refractivity contribution in [1.29, 1.82) is 0 Å². The minimum Gasteiger partial charge on any atom is -0.306 e. The second kappa shape index (κ2) is 18.0. The molecule has 0 amide bonds. The summed E-state index contributed by atoms with van der Waals surface area (Å²) in [5.41, 5.74) is 0. The van der Waals surface area contributed by atoms with Gasteiger partial charge in [-0.3, -0.25) is 0 Å². The lowest BCUT2D eigenvalue weighted by Crippen LogP contribution is -1.91. The number of hydrogen-bond donors (Lipinski definition) is 1. The van der Waals surface area contributed by atoms with Gasteiger partial charge >= 0.3 is 0 Å². The van der Waals surface area contributed by atoms with Gasteiger partial charge < -0.3 is 4.55 Å². The summed E-state index contributed by atoms with van der Waals surface area (Å²) in [6.45, 7) is 0. The summed E-state index contributed by atoms with van der Waals surface area (Å²) >= 11 is -1.96. The minimum absolute atomic E-state index is 0.0502. The molecule has 0 saturated carbocycles. The fourth-order valence-corrected chi connectivity index (χ4v) is 3.09. The molecule has 0 rings (SSSR count). The van der Waals surface area contributed by atoms with Gasteiger partial charge in [-0.25, -0.2) is 4.21 Å². The van der Waals surface area contributed by atoms with E-state index in [-0.39, 0.29) is 12.2 Å². The lowest BCUT2D eigenvalue weighted by Gasteiger charge is -1.95. The van der Waals surface area contributed by atoms with Crippen LogP contribution in [0, 0.1) is 0 Å². The first kappa shape index (κ1) is 24.9. The van der Waals surface area contributed by atoms with Crippen LogP contribution in [0.4, 0.5) is 26.3 Å². The van der Waals surface area contributed by atoms with Gasteiger partial charge in [-0.05, 0) is 37.5 Å². The molecule has 0 aromatic rings. The van der Waals surface area contributed by atoms with Crippen LogP contribution >= 0.6 is 21.6 Å². The molecule has 0 fully saturated rings. The topological polar surface area (TPSA) is 37.3 Å². The summed E-state index contributed by atoms with van der Waals surface area (Å²) < 4.78 is 86.2. The fraction of sp³-hybridized carbons (Fsp3) is 0.500. The van der Waals surface area contributed by atoms with Crippen LogP contribution < -0.4 is 0 Å². The first-order valence-corrected chi connectivity index (χ1v) is 9.87. The van der Waals surface area contributed by atoms with Crippen molar-refractivity contribution in [3.05, 3.63) is 36.5 Å². The molecule has 11 heteroatoms. The highest BCUT2D eigenvalue weighted by atomic mass is 33.1. The van der Waals surface area contributed by atoms with Crippen LogP contribution in [0.15, 0.2) is 36.5 Å². The van der Waals surface area contributed by atoms with Crippen LogP contribution in [0.5, 0.6) is 0 Å². The molecular formula is C12H16F6O2S3. The number of rotatable bonds is 10. The second-order valence-corrected chi connectivity index (χ2v) is 7.27. The summed E-state index contributed by atoms with van der Waals surface area (Å²) in [6, 6.07) is 0. The smallest absolute Gasteiger partial charge is 0.266 e. The predicted molar refractivity (Wildman–Crippen MR) is 85.3 cm³/mol. The predicted octanol–water partition coefficient (Wildman–Crippen LogP) is 6.09. The Morgan fingerprint density at radius 1 is 0.783 bits per heavy atom. The Balaban J connectivity index is 0. The Morgan fingerprint density at radius 3 is 1.43 bits per heavy atom. The molecule has 0 aliphatic heterocycles. The molecule has 0 radical (unpaired) electrons. The van der Waals surface area contributed by atoms with Gasteiger partial charge in [0.25, 0.3) is 18.2 Å². The second-order valence-electron chi connectivity index (χ2n) is 3.52. The van der Waals surface area contributed by atoms with E-state index in [0.29, 0.717) is 30.4 Å². The Kier molecular flexibility index (Phi) is 19.4. The van der Waals surface area contributed by atoms with E-state index in [1.165, 1.54) is 21.6 Å². The highest BCUT2D eigenvalue weighted by Crippen LogP contribution is 2.23. The molecule has 0 saturated heterocycles. The molecule has 0 aliphatic carbocycles. The van der Waals surface area contributed by atoms with E-state index in [9.17, 15) is 30.6 Å². The zero-order valence-corrected chi connectivity index (χ0v) is 14.3. The van der Waals surface area contributed by atoms with Crippen molar-refractivity contribution in [2.75, 3.05) is 17.3 Å². The molecule has 136 valence electrons.